The molecule has 1 unspecified atom stereocenters. The highest BCUT2D eigenvalue weighted by atomic mass is 16.5. The van der Waals surface area contributed by atoms with Gasteiger partial charge < -0.3 is 19.9 Å². The molecule has 0 bridgehead atoms. The first-order valence-corrected chi connectivity index (χ1v) is 9.76. The zero-order chi connectivity index (χ0) is 21.4. The monoisotopic (exact) mass is 408 g/mol. The zero-order valence-electron chi connectivity index (χ0n) is 17.2. The predicted molar refractivity (Wildman–Crippen MR) is 110 cm³/mol. The van der Waals surface area contributed by atoms with Gasteiger partial charge in [-0.1, -0.05) is 23.8 Å². The summed E-state index contributed by atoms with van der Waals surface area (Å²) in [5.41, 5.74) is 9.24. The van der Waals surface area contributed by atoms with Crippen LogP contribution in [0.2, 0.25) is 0 Å². The van der Waals surface area contributed by atoms with Gasteiger partial charge in [-0.3, -0.25) is 14.5 Å². The van der Waals surface area contributed by atoms with Gasteiger partial charge in [0.15, 0.2) is 17.4 Å². The third-order valence-corrected chi connectivity index (χ3v) is 5.60. The first-order chi connectivity index (χ1) is 14.4. The Hall–Kier alpha value is -3.48. The summed E-state index contributed by atoms with van der Waals surface area (Å²) >= 11 is 0. The first kappa shape index (κ1) is 19.8. The molecular formula is C23H24N2O5. The molecule has 0 radical (unpaired) electrons. The lowest BCUT2D eigenvalue weighted by molar-refractivity contribution is -0.145. The fourth-order valence-electron chi connectivity index (χ4n) is 4.05. The van der Waals surface area contributed by atoms with Gasteiger partial charge >= 0.3 is 0 Å². The number of methoxy groups -OCH3 is 2. The molecule has 2 aromatic rings. The van der Waals surface area contributed by atoms with E-state index in [9.17, 15) is 9.59 Å². The average Bonchev–Trinajstić information content (AvgIpc) is 2.73. The fourth-order valence-corrected chi connectivity index (χ4v) is 4.05. The second-order valence-electron chi connectivity index (χ2n) is 7.47. The number of nitrogens with two attached hydrogens (primary N) is 1. The van der Waals surface area contributed by atoms with Crippen LogP contribution in [0.15, 0.2) is 47.9 Å². The summed E-state index contributed by atoms with van der Waals surface area (Å²) in [5.74, 6) is 0.936. The molecule has 1 fully saturated rings. The quantitative estimate of drug-likeness (QED) is 0.765. The summed E-state index contributed by atoms with van der Waals surface area (Å²) in [6.45, 7) is 2.21. The number of imide groups is 1. The molecule has 2 aromatic carbocycles. The maximum atomic E-state index is 13.2. The molecule has 0 saturated carbocycles. The van der Waals surface area contributed by atoms with Crippen molar-refractivity contribution in [3.05, 3.63) is 64.5 Å². The molecule has 0 spiro atoms. The van der Waals surface area contributed by atoms with Crippen molar-refractivity contribution in [2.75, 3.05) is 20.8 Å². The molecule has 0 aromatic heterocycles. The fraction of sp³-hybridized carbons (Fsp3) is 0.304. The van der Waals surface area contributed by atoms with Gasteiger partial charge in [0.05, 0.1) is 19.8 Å². The van der Waals surface area contributed by atoms with Crippen LogP contribution in [0.25, 0.3) is 0 Å². The van der Waals surface area contributed by atoms with Gasteiger partial charge in [-0.15, -0.1) is 0 Å². The number of carbonyl (C=O) groups excluding carboxylic acids is 2. The number of carbonyl (C=O) groups is 2. The molecule has 2 heterocycles. The van der Waals surface area contributed by atoms with Gasteiger partial charge in [0.2, 0.25) is 5.91 Å². The molecule has 2 aliphatic rings. The molecule has 1 atom stereocenters. The second kappa shape index (κ2) is 7.74. The SMILES string of the molecule is COc1ccc(CCN2C(=O)CC3C(=C(N)Oc4ccc(C)cc43)C2=O)cc1OC. The van der Waals surface area contributed by atoms with Crippen LogP contribution in [0.5, 0.6) is 17.2 Å². The highest BCUT2D eigenvalue weighted by molar-refractivity contribution is 6.09. The number of aryl methyl sites for hydroxylation is 1. The summed E-state index contributed by atoms with van der Waals surface area (Å²) in [6.07, 6.45) is 0.680. The van der Waals surface area contributed by atoms with E-state index in [-0.39, 0.29) is 36.6 Å². The van der Waals surface area contributed by atoms with Crippen molar-refractivity contribution < 1.29 is 23.8 Å². The van der Waals surface area contributed by atoms with Crippen LogP contribution < -0.4 is 19.9 Å². The van der Waals surface area contributed by atoms with Crippen LogP contribution in [0.3, 0.4) is 0 Å². The van der Waals surface area contributed by atoms with Gasteiger partial charge in [0, 0.05) is 24.4 Å². The number of amides is 2. The largest absolute Gasteiger partial charge is 0.493 e. The molecule has 2 N–H and O–H groups in total. The van der Waals surface area contributed by atoms with Crippen molar-refractivity contribution in [1.29, 1.82) is 0 Å². The van der Waals surface area contributed by atoms with Crippen molar-refractivity contribution in [2.24, 2.45) is 5.73 Å². The Bertz CT molecular complexity index is 1060. The number of piperidine rings is 1. The normalized spacial score (nSPS) is 18.0. The van der Waals surface area contributed by atoms with Crippen LogP contribution in [0, 0.1) is 6.92 Å². The van der Waals surface area contributed by atoms with Crippen LogP contribution in [0.1, 0.15) is 29.0 Å². The molecule has 7 heteroatoms. The molecule has 0 aliphatic carbocycles. The van der Waals surface area contributed by atoms with Crippen LogP contribution in [0.4, 0.5) is 0 Å². The standard InChI is InChI=1S/C23H24N2O5/c1-13-4-6-17-15(10-13)16-12-20(26)25(23(27)21(16)22(24)30-17)9-8-14-5-7-18(28-2)19(11-14)29-3/h4-7,10-11,16H,8-9,12,24H2,1-3H3. The topological polar surface area (TPSA) is 91.1 Å². The van der Waals surface area contributed by atoms with E-state index in [4.69, 9.17) is 19.9 Å². The molecule has 1 saturated heterocycles. The van der Waals surface area contributed by atoms with Crippen LogP contribution in [-0.2, 0) is 16.0 Å². The van der Waals surface area contributed by atoms with Gasteiger partial charge in [-0.2, -0.15) is 0 Å². The van der Waals surface area contributed by atoms with E-state index in [1.54, 1.807) is 20.3 Å². The van der Waals surface area contributed by atoms with E-state index in [2.05, 4.69) is 0 Å². The van der Waals surface area contributed by atoms with Crippen molar-refractivity contribution in [3.8, 4) is 17.2 Å². The first-order valence-electron chi connectivity index (χ1n) is 9.76. The van der Waals surface area contributed by atoms with E-state index in [0.717, 1.165) is 16.7 Å². The Kier molecular flexibility index (Phi) is 5.11. The molecule has 156 valence electrons. The molecule has 4 rings (SSSR count). The maximum Gasteiger partial charge on any atom is 0.262 e. The number of nitrogens with zero attached hydrogens (tertiary/aromatic N) is 1. The smallest absolute Gasteiger partial charge is 0.262 e. The number of fused-ring (bicyclic) bond motifs is 3. The predicted octanol–water partition coefficient (Wildman–Crippen LogP) is 2.66. The minimum Gasteiger partial charge on any atom is -0.493 e. The lowest BCUT2D eigenvalue weighted by atomic mass is 9.82. The van der Waals surface area contributed by atoms with E-state index in [1.807, 2.05) is 37.3 Å². The number of hydrogen-bond acceptors (Lipinski definition) is 6. The van der Waals surface area contributed by atoms with Crippen LogP contribution in [-0.4, -0.2) is 37.5 Å². The summed E-state index contributed by atoms with van der Waals surface area (Å²) < 4.78 is 16.3. The van der Waals surface area contributed by atoms with Gasteiger partial charge in [-0.25, -0.2) is 0 Å². The number of benzene rings is 2. The number of hydrogen-bond donors (Lipinski definition) is 1. The summed E-state index contributed by atoms with van der Waals surface area (Å²) in [7, 11) is 3.14. The van der Waals surface area contributed by atoms with Crippen molar-refractivity contribution >= 4 is 11.8 Å². The van der Waals surface area contributed by atoms with Crippen molar-refractivity contribution in [3.63, 3.8) is 0 Å². The number of rotatable bonds is 5. The summed E-state index contributed by atoms with van der Waals surface area (Å²) in [4.78, 5) is 27.3. The molecule has 2 aliphatic heterocycles. The van der Waals surface area contributed by atoms with Crippen LogP contribution >= 0.6 is 0 Å². The molecule has 7 nitrogen and oxygen atoms in total. The van der Waals surface area contributed by atoms with Crippen molar-refractivity contribution in [2.45, 2.75) is 25.7 Å². The van der Waals surface area contributed by atoms with Gasteiger partial charge in [0.25, 0.3) is 5.91 Å². The Balaban J connectivity index is 1.56. The second-order valence-corrected chi connectivity index (χ2v) is 7.47. The van der Waals surface area contributed by atoms with E-state index in [1.165, 1.54) is 4.90 Å². The molecular weight excluding hydrogens is 384 g/mol. The number of likely N-dealkylation sites (tertiary alicyclic amines) is 1. The third kappa shape index (κ3) is 3.36. The highest BCUT2D eigenvalue weighted by Gasteiger charge is 2.43. The Morgan fingerprint density at radius 2 is 1.87 bits per heavy atom. The summed E-state index contributed by atoms with van der Waals surface area (Å²) in [6, 6.07) is 11.2. The van der Waals surface area contributed by atoms with E-state index in [0.29, 0.717) is 29.2 Å². The number of ether oxygens (including phenoxy) is 3. The van der Waals surface area contributed by atoms with E-state index < -0.39 is 0 Å². The third-order valence-electron chi connectivity index (χ3n) is 5.60. The zero-order valence-corrected chi connectivity index (χ0v) is 17.2. The minimum absolute atomic E-state index is 0.0740. The van der Waals surface area contributed by atoms with Crippen molar-refractivity contribution in [1.82, 2.24) is 4.90 Å². The Morgan fingerprint density at radius 1 is 1.10 bits per heavy atom. The molecule has 2 amide bonds. The lowest BCUT2D eigenvalue weighted by Gasteiger charge is -2.36. The maximum absolute atomic E-state index is 13.2. The lowest BCUT2D eigenvalue weighted by Crippen LogP contribution is -2.47. The average molecular weight is 408 g/mol. The summed E-state index contributed by atoms with van der Waals surface area (Å²) in [5, 5.41) is 0. The Labute approximate surface area is 175 Å². The minimum atomic E-state index is -0.388. The Morgan fingerprint density at radius 3 is 2.60 bits per heavy atom. The van der Waals surface area contributed by atoms with E-state index >= 15 is 0 Å². The molecule has 30 heavy (non-hydrogen) atoms. The highest BCUT2D eigenvalue weighted by Crippen LogP contribution is 2.43. The van der Waals surface area contributed by atoms with Gasteiger partial charge in [-0.05, 0) is 37.1 Å². The van der Waals surface area contributed by atoms with Gasteiger partial charge in [0.1, 0.15) is 5.75 Å².